The highest BCUT2D eigenvalue weighted by Crippen LogP contribution is 2.24. The Labute approximate surface area is 179 Å². The van der Waals surface area contributed by atoms with Crippen molar-refractivity contribution in [2.24, 2.45) is 4.99 Å². The van der Waals surface area contributed by atoms with E-state index in [1.807, 2.05) is 12.1 Å². The molecule has 2 heterocycles. The SMILES string of the molecule is CCNC(=NCc1ncc(C(C)(C)C)o1)NC1CCCN(c2cccc(OC)c2)C1. The lowest BCUT2D eigenvalue weighted by Gasteiger charge is -2.35. The Balaban J connectivity index is 1.63. The number of nitrogens with zero attached hydrogens (tertiary/aromatic N) is 3. The van der Waals surface area contributed by atoms with E-state index >= 15 is 0 Å². The van der Waals surface area contributed by atoms with Crippen LogP contribution in [0.15, 0.2) is 39.9 Å². The van der Waals surface area contributed by atoms with Crippen LogP contribution in [-0.4, -0.2) is 43.7 Å². The van der Waals surface area contributed by atoms with E-state index < -0.39 is 0 Å². The number of ether oxygens (including phenoxy) is 1. The van der Waals surface area contributed by atoms with Crippen LogP contribution in [0.5, 0.6) is 5.75 Å². The Morgan fingerprint density at radius 3 is 2.90 bits per heavy atom. The number of nitrogens with one attached hydrogen (secondary N) is 2. The van der Waals surface area contributed by atoms with Crippen molar-refractivity contribution in [2.75, 3.05) is 31.6 Å². The van der Waals surface area contributed by atoms with Crippen molar-refractivity contribution in [1.82, 2.24) is 15.6 Å². The maximum atomic E-state index is 5.87. The average molecular weight is 414 g/mol. The summed E-state index contributed by atoms with van der Waals surface area (Å²) in [4.78, 5) is 11.5. The number of piperidine rings is 1. The third kappa shape index (κ3) is 5.90. The zero-order valence-electron chi connectivity index (χ0n) is 18.9. The molecule has 3 rings (SSSR count). The number of aliphatic imine (C=N–C) groups is 1. The Bertz CT molecular complexity index is 840. The topological polar surface area (TPSA) is 74.9 Å². The second kappa shape index (κ2) is 9.87. The van der Waals surface area contributed by atoms with Crippen molar-refractivity contribution in [3.05, 3.63) is 42.1 Å². The predicted molar refractivity (Wildman–Crippen MR) is 121 cm³/mol. The van der Waals surface area contributed by atoms with E-state index in [-0.39, 0.29) is 5.41 Å². The van der Waals surface area contributed by atoms with E-state index in [2.05, 4.69) is 60.3 Å². The van der Waals surface area contributed by atoms with Gasteiger partial charge in [0.25, 0.3) is 0 Å². The first-order chi connectivity index (χ1) is 14.4. The first-order valence-electron chi connectivity index (χ1n) is 10.8. The van der Waals surface area contributed by atoms with E-state index in [4.69, 9.17) is 14.1 Å². The number of methoxy groups -OCH3 is 1. The summed E-state index contributed by atoms with van der Waals surface area (Å²) in [5.74, 6) is 3.20. The molecule has 30 heavy (non-hydrogen) atoms. The zero-order chi connectivity index (χ0) is 21.6. The highest BCUT2D eigenvalue weighted by Gasteiger charge is 2.22. The number of guanidine groups is 1. The lowest BCUT2D eigenvalue weighted by molar-refractivity contribution is 0.383. The van der Waals surface area contributed by atoms with E-state index in [0.717, 1.165) is 49.9 Å². The lowest BCUT2D eigenvalue weighted by atomic mass is 9.94. The van der Waals surface area contributed by atoms with Crippen LogP contribution in [0, 0.1) is 0 Å². The van der Waals surface area contributed by atoms with Crippen LogP contribution in [-0.2, 0) is 12.0 Å². The maximum absolute atomic E-state index is 5.87. The summed E-state index contributed by atoms with van der Waals surface area (Å²) in [6.07, 6.45) is 4.04. The fourth-order valence-corrected chi connectivity index (χ4v) is 3.53. The van der Waals surface area contributed by atoms with Gasteiger partial charge in [-0.05, 0) is 31.9 Å². The summed E-state index contributed by atoms with van der Waals surface area (Å²) in [7, 11) is 1.71. The Hall–Kier alpha value is -2.70. The summed E-state index contributed by atoms with van der Waals surface area (Å²) in [6, 6.07) is 8.57. The molecule has 164 valence electrons. The van der Waals surface area contributed by atoms with Gasteiger partial charge >= 0.3 is 0 Å². The summed E-state index contributed by atoms with van der Waals surface area (Å²) in [5, 5.41) is 6.93. The van der Waals surface area contributed by atoms with E-state index in [1.54, 1.807) is 13.3 Å². The van der Waals surface area contributed by atoms with Crippen LogP contribution < -0.4 is 20.3 Å². The monoisotopic (exact) mass is 413 g/mol. The molecular weight excluding hydrogens is 378 g/mol. The van der Waals surface area contributed by atoms with Crippen LogP contribution in [0.3, 0.4) is 0 Å². The smallest absolute Gasteiger partial charge is 0.216 e. The lowest BCUT2D eigenvalue weighted by Crippen LogP contribution is -2.51. The molecule has 1 aromatic heterocycles. The molecule has 2 aromatic rings. The van der Waals surface area contributed by atoms with Gasteiger partial charge in [0.05, 0.1) is 13.3 Å². The van der Waals surface area contributed by atoms with Gasteiger partial charge in [-0.25, -0.2) is 9.98 Å². The van der Waals surface area contributed by atoms with E-state index in [9.17, 15) is 0 Å². The Kier molecular flexibility index (Phi) is 7.24. The molecule has 1 fully saturated rings. The first kappa shape index (κ1) is 22.0. The Morgan fingerprint density at radius 2 is 2.20 bits per heavy atom. The van der Waals surface area contributed by atoms with E-state index in [0.29, 0.717) is 18.5 Å². The fraction of sp³-hybridized carbons (Fsp3) is 0.565. The molecule has 0 bridgehead atoms. The third-order valence-electron chi connectivity index (χ3n) is 5.19. The zero-order valence-corrected chi connectivity index (χ0v) is 18.9. The number of oxazole rings is 1. The number of hydrogen-bond acceptors (Lipinski definition) is 5. The standard InChI is InChI=1S/C23H35N5O2/c1-6-24-22(26-15-21-25-14-20(30-21)23(2,3)4)27-17-9-8-12-28(16-17)18-10-7-11-19(13-18)29-5/h7,10-11,13-14,17H,6,8-9,12,15-16H2,1-5H3,(H2,24,26,27). The molecule has 1 unspecified atom stereocenters. The van der Waals surface area contributed by atoms with Gasteiger partial charge in [0, 0.05) is 42.8 Å². The normalized spacial score (nSPS) is 17.7. The van der Waals surface area contributed by atoms with Crippen LogP contribution in [0.2, 0.25) is 0 Å². The minimum absolute atomic E-state index is 0.0522. The van der Waals surface area contributed by atoms with Gasteiger partial charge in [-0.3, -0.25) is 0 Å². The van der Waals surface area contributed by atoms with Crippen molar-refractivity contribution in [3.63, 3.8) is 0 Å². The summed E-state index contributed by atoms with van der Waals surface area (Å²) < 4.78 is 11.2. The van der Waals surface area contributed by atoms with Crippen LogP contribution >= 0.6 is 0 Å². The molecule has 0 radical (unpaired) electrons. The van der Waals surface area contributed by atoms with Crippen LogP contribution in [0.4, 0.5) is 5.69 Å². The van der Waals surface area contributed by atoms with Crippen molar-refractivity contribution in [2.45, 2.75) is 58.5 Å². The summed E-state index contributed by atoms with van der Waals surface area (Å²) >= 11 is 0. The van der Waals surface area contributed by atoms with Crippen LogP contribution in [0.1, 0.15) is 52.2 Å². The molecular formula is C23H35N5O2. The molecule has 1 aromatic carbocycles. The summed E-state index contributed by atoms with van der Waals surface area (Å²) in [5.41, 5.74) is 1.14. The number of aromatic nitrogens is 1. The minimum Gasteiger partial charge on any atom is -0.497 e. The van der Waals surface area contributed by atoms with Gasteiger partial charge in [0.1, 0.15) is 18.1 Å². The van der Waals surface area contributed by atoms with Gasteiger partial charge in [0.15, 0.2) is 5.96 Å². The molecule has 2 N–H and O–H groups in total. The van der Waals surface area contributed by atoms with Gasteiger partial charge in [-0.1, -0.05) is 26.8 Å². The molecule has 0 spiro atoms. The molecule has 0 saturated carbocycles. The molecule has 1 atom stereocenters. The molecule has 1 saturated heterocycles. The quantitative estimate of drug-likeness (QED) is 0.556. The fourth-order valence-electron chi connectivity index (χ4n) is 3.53. The largest absolute Gasteiger partial charge is 0.497 e. The minimum atomic E-state index is -0.0522. The van der Waals surface area contributed by atoms with E-state index in [1.165, 1.54) is 5.69 Å². The third-order valence-corrected chi connectivity index (χ3v) is 5.19. The molecule has 0 amide bonds. The van der Waals surface area contributed by atoms with Crippen molar-refractivity contribution >= 4 is 11.6 Å². The number of anilines is 1. The van der Waals surface area contributed by atoms with Crippen LogP contribution in [0.25, 0.3) is 0 Å². The summed E-state index contributed by atoms with van der Waals surface area (Å²) in [6.45, 7) is 11.6. The molecule has 1 aliphatic rings. The molecule has 7 heteroatoms. The highest BCUT2D eigenvalue weighted by atomic mass is 16.5. The molecule has 7 nitrogen and oxygen atoms in total. The number of rotatable bonds is 6. The second-order valence-corrected chi connectivity index (χ2v) is 8.69. The van der Waals surface area contributed by atoms with Crippen molar-refractivity contribution in [1.29, 1.82) is 0 Å². The highest BCUT2D eigenvalue weighted by molar-refractivity contribution is 5.80. The number of hydrogen-bond donors (Lipinski definition) is 2. The van der Waals surface area contributed by atoms with Gasteiger partial charge in [-0.2, -0.15) is 0 Å². The van der Waals surface area contributed by atoms with Gasteiger partial charge in [-0.15, -0.1) is 0 Å². The van der Waals surface area contributed by atoms with Crippen molar-refractivity contribution in [3.8, 4) is 5.75 Å². The van der Waals surface area contributed by atoms with Gasteiger partial charge in [0.2, 0.25) is 5.89 Å². The average Bonchev–Trinajstić information content (AvgIpc) is 3.22. The van der Waals surface area contributed by atoms with Crippen molar-refractivity contribution < 1.29 is 9.15 Å². The first-order valence-corrected chi connectivity index (χ1v) is 10.8. The maximum Gasteiger partial charge on any atom is 0.216 e. The molecule has 1 aliphatic heterocycles. The predicted octanol–water partition coefficient (Wildman–Crippen LogP) is 3.70. The Morgan fingerprint density at radius 1 is 1.37 bits per heavy atom. The van der Waals surface area contributed by atoms with Gasteiger partial charge < -0.3 is 24.7 Å². The molecule has 0 aliphatic carbocycles. The second-order valence-electron chi connectivity index (χ2n) is 8.69. The number of benzene rings is 1.